The standard InChI is InChI=1S/C20H15NO5/c1-25-17-7-5-14(6-8-17)19(22)11-9-18-10-12-20(26-18)15-3-2-4-16(13-15)21(23)24/h2-13H,1H3. The van der Waals surface area contributed by atoms with E-state index in [2.05, 4.69) is 0 Å². The highest BCUT2D eigenvalue weighted by atomic mass is 16.6. The molecule has 0 saturated carbocycles. The summed E-state index contributed by atoms with van der Waals surface area (Å²) in [5, 5.41) is 10.9. The van der Waals surface area contributed by atoms with E-state index in [0.29, 0.717) is 28.4 Å². The fraction of sp³-hybridized carbons (Fsp3) is 0.0500. The van der Waals surface area contributed by atoms with E-state index >= 15 is 0 Å². The van der Waals surface area contributed by atoms with Crippen molar-refractivity contribution in [3.63, 3.8) is 0 Å². The van der Waals surface area contributed by atoms with Crippen LogP contribution in [0, 0.1) is 10.1 Å². The third-order valence-corrected chi connectivity index (χ3v) is 3.74. The third-order valence-electron chi connectivity index (χ3n) is 3.74. The van der Waals surface area contributed by atoms with E-state index in [1.165, 1.54) is 18.2 Å². The highest BCUT2D eigenvalue weighted by Crippen LogP contribution is 2.26. The molecule has 1 heterocycles. The number of non-ortho nitro benzene ring substituents is 1. The number of ketones is 1. The smallest absolute Gasteiger partial charge is 0.270 e. The van der Waals surface area contributed by atoms with Gasteiger partial charge in [0.2, 0.25) is 0 Å². The van der Waals surface area contributed by atoms with Gasteiger partial charge < -0.3 is 9.15 Å². The van der Waals surface area contributed by atoms with Gasteiger partial charge in [-0.2, -0.15) is 0 Å². The number of furan rings is 1. The first-order chi connectivity index (χ1) is 12.6. The van der Waals surface area contributed by atoms with Gasteiger partial charge in [0.05, 0.1) is 12.0 Å². The molecule has 6 nitrogen and oxygen atoms in total. The molecule has 0 aliphatic heterocycles. The van der Waals surface area contributed by atoms with Crippen LogP contribution in [0.3, 0.4) is 0 Å². The van der Waals surface area contributed by atoms with Gasteiger partial charge in [0.25, 0.3) is 5.69 Å². The average molecular weight is 349 g/mol. The van der Waals surface area contributed by atoms with Crippen LogP contribution < -0.4 is 4.74 Å². The van der Waals surface area contributed by atoms with Gasteiger partial charge in [-0.25, -0.2) is 0 Å². The second-order valence-corrected chi connectivity index (χ2v) is 5.44. The molecule has 0 unspecified atom stereocenters. The molecule has 26 heavy (non-hydrogen) atoms. The lowest BCUT2D eigenvalue weighted by molar-refractivity contribution is -0.384. The van der Waals surface area contributed by atoms with E-state index in [4.69, 9.17) is 9.15 Å². The van der Waals surface area contributed by atoms with Crippen LogP contribution in [0.15, 0.2) is 71.2 Å². The monoisotopic (exact) mass is 349 g/mol. The number of carbonyl (C=O) groups is 1. The van der Waals surface area contributed by atoms with E-state index in [1.54, 1.807) is 61.7 Å². The van der Waals surface area contributed by atoms with E-state index in [9.17, 15) is 14.9 Å². The van der Waals surface area contributed by atoms with Crippen molar-refractivity contribution in [2.24, 2.45) is 0 Å². The van der Waals surface area contributed by atoms with Gasteiger partial charge >= 0.3 is 0 Å². The molecule has 3 aromatic rings. The summed E-state index contributed by atoms with van der Waals surface area (Å²) in [4.78, 5) is 22.6. The molecule has 0 spiro atoms. The normalized spacial score (nSPS) is 10.8. The molecule has 0 aliphatic carbocycles. The minimum Gasteiger partial charge on any atom is -0.497 e. The van der Waals surface area contributed by atoms with Crippen LogP contribution in [0.5, 0.6) is 5.75 Å². The summed E-state index contributed by atoms with van der Waals surface area (Å²) in [6.07, 6.45) is 2.98. The van der Waals surface area contributed by atoms with Crippen molar-refractivity contribution in [3.05, 3.63) is 88.2 Å². The number of nitrogens with zero attached hydrogens (tertiary/aromatic N) is 1. The molecule has 0 radical (unpaired) electrons. The molecule has 0 amide bonds. The topological polar surface area (TPSA) is 82.6 Å². The third kappa shape index (κ3) is 3.87. The first kappa shape index (κ1) is 17.2. The van der Waals surface area contributed by atoms with Crippen molar-refractivity contribution >= 4 is 17.5 Å². The van der Waals surface area contributed by atoms with E-state index in [-0.39, 0.29) is 11.5 Å². The Bertz CT molecular complexity index is 970. The van der Waals surface area contributed by atoms with Crippen LogP contribution in [-0.4, -0.2) is 17.8 Å². The van der Waals surface area contributed by atoms with Gasteiger partial charge in [-0.1, -0.05) is 12.1 Å². The number of hydrogen-bond acceptors (Lipinski definition) is 5. The summed E-state index contributed by atoms with van der Waals surface area (Å²) in [6.45, 7) is 0. The first-order valence-electron chi connectivity index (χ1n) is 7.78. The second kappa shape index (κ2) is 7.48. The summed E-state index contributed by atoms with van der Waals surface area (Å²) in [5.41, 5.74) is 1.12. The predicted octanol–water partition coefficient (Wildman–Crippen LogP) is 4.76. The van der Waals surface area contributed by atoms with Crippen molar-refractivity contribution in [1.82, 2.24) is 0 Å². The molecule has 0 bridgehead atoms. The molecular weight excluding hydrogens is 334 g/mol. The molecule has 0 saturated heterocycles. The number of rotatable bonds is 6. The van der Waals surface area contributed by atoms with Gasteiger partial charge in [-0.05, 0) is 48.6 Å². The zero-order valence-corrected chi connectivity index (χ0v) is 13.9. The lowest BCUT2D eigenvalue weighted by Gasteiger charge is -1.99. The van der Waals surface area contributed by atoms with Crippen LogP contribution in [0.25, 0.3) is 17.4 Å². The maximum atomic E-state index is 12.2. The van der Waals surface area contributed by atoms with Crippen molar-refractivity contribution in [1.29, 1.82) is 0 Å². The SMILES string of the molecule is COc1ccc(C(=O)C=Cc2ccc(-c3cccc([N+](=O)[O-])c3)o2)cc1. The van der Waals surface area contributed by atoms with Crippen LogP contribution in [0.2, 0.25) is 0 Å². The Morgan fingerprint density at radius 3 is 2.58 bits per heavy atom. The summed E-state index contributed by atoms with van der Waals surface area (Å²) < 4.78 is 10.7. The average Bonchev–Trinajstić information content (AvgIpc) is 3.15. The summed E-state index contributed by atoms with van der Waals surface area (Å²) in [7, 11) is 1.56. The molecule has 0 atom stereocenters. The number of nitro groups is 1. The van der Waals surface area contributed by atoms with Crippen molar-refractivity contribution in [2.75, 3.05) is 7.11 Å². The largest absolute Gasteiger partial charge is 0.497 e. The van der Waals surface area contributed by atoms with Crippen LogP contribution in [-0.2, 0) is 0 Å². The summed E-state index contributed by atoms with van der Waals surface area (Å²) >= 11 is 0. The minimum absolute atomic E-state index is 0.00863. The van der Waals surface area contributed by atoms with E-state index < -0.39 is 4.92 Å². The van der Waals surface area contributed by atoms with Gasteiger partial charge in [0, 0.05) is 23.3 Å². The number of ether oxygens (including phenoxy) is 1. The van der Waals surface area contributed by atoms with E-state index in [1.807, 2.05) is 0 Å². The zero-order chi connectivity index (χ0) is 18.5. The fourth-order valence-corrected chi connectivity index (χ4v) is 2.38. The van der Waals surface area contributed by atoms with E-state index in [0.717, 1.165) is 0 Å². The first-order valence-corrected chi connectivity index (χ1v) is 7.78. The number of hydrogen-bond donors (Lipinski definition) is 0. The Hall–Kier alpha value is -3.67. The number of benzene rings is 2. The zero-order valence-electron chi connectivity index (χ0n) is 13.9. The van der Waals surface area contributed by atoms with Crippen molar-refractivity contribution in [2.45, 2.75) is 0 Å². The Balaban J connectivity index is 1.75. The molecule has 3 rings (SSSR count). The van der Waals surface area contributed by atoms with Crippen molar-refractivity contribution in [3.8, 4) is 17.1 Å². The van der Waals surface area contributed by atoms with Gasteiger partial charge in [-0.15, -0.1) is 0 Å². The number of nitro benzene ring substituents is 1. The number of methoxy groups -OCH3 is 1. The quantitative estimate of drug-likeness (QED) is 0.277. The molecule has 6 heteroatoms. The predicted molar refractivity (Wildman–Crippen MR) is 97.2 cm³/mol. The lowest BCUT2D eigenvalue weighted by atomic mass is 10.1. The second-order valence-electron chi connectivity index (χ2n) is 5.44. The molecule has 1 aromatic heterocycles. The Morgan fingerprint density at radius 2 is 1.88 bits per heavy atom. The van der Waals surface area contributed by atoms with Crippen molar-refractivity contribution < 1.29 is 18.9 Å². The highest BCUT2D eigenvalue weighted by Gasteiger charge is 2.10. The summed E-state index contributed by atoms with van der Waals surface area (Å²) in [6, 6.07) is 16.4. The Morgan fingerprint density at radius 1 is 1.12 bits per heavy atom. The minimum atomic E-state index is -0.458. The van der Waals surface area contributed by atoms with Crippen LogP contribution in [0.1, 0.15) is 16.1 Å². The molecule has 2 aromatic carbocycles. The number of allylic oxidation sites excluding steroid dienone is 1. The Kier molecular flexibility index (Phi) is 4.94. The molecule has 0 aliphatic rings. The molecular formula is C20H15NO5. The molecule has 0 N–H and O–H groups in total. The summed E-state index contributed by atoms with van der Waals surface area (Å²) in [5.74, 6) is 1.48. The number of carbonyl (C=O) groups excluding carboxylic acids is 1. The highest BCUT2D eigenvalue weighted by molar-refractivity contribution is 6.06. The fourth-order valence-electron chi connectivity index (χ4n) is 2.38. The van der Waals surface area contributed by atoms with Crippen LogP contribution >= 0.6 is 0 Å². The molecule has 0 fully saturated rings. The maximum absolute atomic E-state index is 12.2. The van der Waals surface area contributed by atoms with Gasteiger partial charge in [0.1, 0.15) is 17.3 Å². The van der Waals surface area contributed by atoms with Crippen LogP contribution in [0.4, 0.5) is 5.69 Å². The lowest BCUT2D eigenvalue weighted by Crippen LogP contribution is -1.93. The molecule has 130 valence electrons. The Labute approximate surface area is 149 Å². The van der Waals surface area contributed by atoms with Gasteiger partial charge in [-0.3, -0.25) is 14.9 Å². The maximum Gasteiger partial charge on any atom is 0.270 e. The van der Waals surface area contributed by atoms with Gasteiger partial charge in [0.15, 0.2) is 5.78 Å².